The Morgan fingerprint density at radius 1 is 1.19 bits per heavy atom. The van der Waals surface area contributed by atoms with Gasteiger partial charge in [0.05, 0.1) is 0 Å². The molecule has 1 N–H and O–H groups in total. The highest BCUT2D eigenvalue weighted by Gasteiger charge is 2.07. The third-order valence-electron chi connectivity index (χ3n) is 2.49. The first-order chi connectivity index (χ1) is 7.49. The first kappa shape index (κ1) is 13.2. The predicted octanol–water partition coefficient (Wildman–Crippen LogP) is 1.78. The summed E-state index contributed by atoms with van der Waals surface area (Å²) in [5.41, 5.74) is 0. The lowest BCUT2D eigenvalue weighted by Crippen LogP contribution is -2.27. The molecule has 1 heterocycles. The number of hydrogen-bond acceptors (Lipinski definition) is 3. The monoisotopic (exact) mass is 224 g/mol. The molecule has 1 atom stereocenters. The van der Waals surface area contributed by atoms with Gasteiger partial charge in [-0.15, -0.1) is 0 Å². The van der Waals surface area contributed by atoms with Crippen LogP contribution in [-0.2, 0) is 6.54 Å². The van der Waals surface area contributed by atoms with Crippen molar-refractivity contribution in [1.82, 2.24) is 20.1 Å². The first-order valence-electron chi connectivity index (χ1n) is 6.07. The molecule has 0 aliphatic heterocycles. The van der Waals surface area contributed by atoms with Crippen molar-refractivity contribution in [2.24, 2.45) is 11.8 Å². The Morgan fingerprint density at radius 2 is 1.88 bits per heavy atom. The molecule has 0 aromatic carbocycles. The zero-order valence-corrected chi connectivity index (χ0v) is 11.1. The first-order valence-corrected chi connectivity index (χ1v) is 6.07. The number of aromatic nitrogens is 3. The third kappa shape index (κ3) is 4.31. The van der Waals surface area contributed by atoms with Crippen LogP contribution < -0.4 is 5.32 Å². The molecule has 4 heteroatoms. The van der Waals surface area contributed by atoms with Crippen LogP contribution >= 0.6 is 0 Å². The predicted molar refractivity (Wildman–Crippen MR) is 66.4 cm³/mol. The van der Waals surface area contributed by atoms with Gasteiger partial charge in [0, 0.05) is 6.54 Å². The maximum atomic E-state index is 4.37. The van der Waals surface area contributed by atoms with Gasteiger partial charge < -0.3 is 5.32 Å². The van der Waals surface area contributed by atoms with E-state index in [9.17, 15) is 0 Å². The molecule has 0 fully saturated rings. The molecule has 1 aromatic rings. The zero-order chi connectivity index (χ0) is 12.1. The Morgan fingerprint density at radius 3 is 2.38 bits per heavy atom. The second-order valence-corrected chi connectivity index (χ2v) is 5.05. The summed E-state index contributed by atoms with van der Waals surface area (Å²) in [5, 5.41) is 7.84. The van der Waals surface area contributed by atoms with Crippen molar-refractivity contribution in [1.29, 1.82) is 0 Å². The lowest BCUT2D eigenvalue weighted by Gasteiger charge is -2.14. The molecular formula is C12H24N4. The quantitative estimate of drug-likeness (QED) is 0.801. The van der Waals surface area contributed by atoms with Gasteiger partial charge in [0.1, 0.15) is 11.6 Å². The molecule has 16 heavy (non-hydrogen) atoms. The number of aryl methyl sites for hydroxylation is 2. The van der Waals surface area contributed by atoms with Crippen molar-refractivity contribution < 1.29 is 0 Å². The average molecular weight is 224 g/mol. The van der Waals surface area contributed by atoms with Crippen molar-refractivity contribution in [2.75, 3.05) is 13.1 Å². The lowest BCUT2D eigenvalue weighted by molar-refractivity contribution is 0.403. The van der Waals surface area contributed by atoms with Crippen molar-refractivity contribution in [3.05, 3.63) is 11.6 Å². The van der Waals surface area contributed by atoms with E-state index in [1.54, 1.807) is 0 Å². The van der Waals surface area contributed by atoms with E-state index in [-0.39, 0.29) is 0 Å². The van der Waals surface area contributed by atoms with Gasteiger partial charge in [-0.1, -0.05) is 20.8 Å². The molecular weight excluding hydrogens is 200 g/mol. The van der Waals surface area contributed by atoms with Crippen molar-refractivity contribution in [2.45, 2.75) is 41.2 Å². The summed E-state index contributed by atoms with van der Waals surface area (Å²) in [6.07, 6.45) is 0. The molecule has 0 aliphatic carbocycles. The molecule has 0 spiro atoms. The van der Waals surface area contributed by atoms with Crippen LogP contribution in [0.5, 0.6) is 0 Å². The Balaban J connectivity index is 2.34. The molecule has 0 amide bonds. The van der Waals surface area contributed by atoms with Gasteiger partial charge in [-0.3, -0.25) is 0 Å². The van der Waals surface area contributed by atoms with Crippen LogP contribution in [0.2, 0.25) is 0 Å². The normalized spacial score (nSPS) is 13.4. The molecule has 0 saturated carbocycles. The SMILES string of the molecule is Cc1nc(C)n(CC(C)CNCC(C)C)n1. The van der Waals surface area contributed by atoms with E-state index in [1.807, 2.05) is 18.5 Å². The smallest absolute Gasteiger partial charge is 0.147 e. The van der Waals surface area contributed by atoms with E-state index in [1.165, 1.54) is 0 Å². The maximum absolute atomic E-state index is 4.37. The van der Waals surface area contributed by atoms with E-state index in [4.69, 9.17) is 0 Å². The molecule has 4 nitrogen and oxygen atoms in total. The van der Waals surface area contributed by atoms with Crippen LogP contribution in [0, 0.1) is 25.7 Å². The highest BCUT2D eigenvalue weighted by Crippen LogP contribution is 2.02. The van der Waals surface area contributed by atoms with E-state index < -0.39 is 0 Å². The third-order valence-corrected chi connectivity index (χ3v) is 2.49. The topological polar surface area (TPSA) is 42.7 Å². The number of hydrogen-bond donors (Lipinski definition) is 1. The van der Waals surface area contributed by atoms with E-state index >= 15 is 0 Å². The van der Waals surface area contributed by atoms with Gasteiger partial charge in [0.2, 0.25) is 0 Å². The van der Waals surface area contributed by atoms with Gasteiger partial charge in [-0.05, 0) is 38.8 Å². The molecule has 0 radical (unpaired) electrons. The Kier molecular flexibility index (Phi) is 4.93. The average Bonchev–Trinajstić information content (AvgIpc) is 2.44. The van der Waals surface area contributed by atoms with Crippen LogP contribution in [0.3, 0.4) is 0 Å². The summed E-state index contributed by atoms with van der Waals surface area (Å²) in [7, 11) is 0. The minimum absolute atomic E-state index is 0.582. The number of rotatable bonds is 6. The van der Waals surface area contributed by atoms with Gasteiger partial charge in [-0.25, -0.2) is 9.67 Å². The van der Waals surface area contributed by atoms with Crippen molar-refractivity contribution in [3.63, 3.8) is 0 Å². The number of nitrogens with one attached hydrogen (secondary N) is 1. The summed E-state index contributed by atoms with van der Waals surface area (Å²) in [5.74, 6) is 3.16. The largest absolute Gasteiger partial charge is 0.316 e. The lowest BCUT2D eigenvalue weighted by atomic mass is 10.1. The molecule has 0 bridgehead atoms. The van der Waals surface area contributed by atoms with Crippen LogP contribution in [0.4, 0.5) is 0 Å². The molecule has 1 rings (SSSR count). The molecule has 92 valence electrons. The summed E-state index contributed by atoms with van der Waals surface area (Å²) in [4.78, 5) is 4.30. The summed E-state index contributed by atoms with van der Waals surface area (Å²) >= 11 is 0. The van der Waals surface area contributed by atoms with E-state index in [2.05, 4.69) is 36.2 Å². The van der Waals surface area contributed by atoms with E-state index in [0.29, 0.717) is 11.8 Å². The van der Waals surface area contributed by atoms with Crippen LogP contribution in [-0.4, -0.2) is 27.9 Å². The van der Waals surface area contributed by atoms with Crippen LogP contribution in [0.15, 0.2) is 0 Å². The number of nitrogens with zero attached hydrogens (tertiary/aromatic N) is 3. The highest BCUT2D eigenvalue weighted by molar-refractivity contribution is 4.87. The molecule has 1 aromatic heterocycles. The minimum atomic E-state index is 0.582. The Hall–Kier alpha value is -0.900. The molecule has 0 saturated heterocycles. The molecule has 0 aliphatic rings. The van der Waals surface area contributed by atoms with Crippen molar-refractivity contribution in [3.8, 4) is 0 Å². The fourth-order valence-corrected chi connectivity index (χ4v) is 1.71. The minimum Gasteiger partial charge on any atom is -0.316 e. The van der Waals surface area contributed by atoms with Gasteiger partial charge in [0.15, 0.2) is 0 Å². The fourth-order valence-electron chi connectivity index (χ4n) is 1.71. The Labute approximate surface area is 98.5 Å². The van der Waals surface area contributed by atoms with Gasteiger partial charge in [0.25, 0.3) is 0 Å². The zero-order valence-electron chi connectivity index (χ0n) is 11.1. The highest BCUT2D eigenvalue weighted by atomic mass is 15.3. The molecule has 1 unspecified atom stereocenters. The second-order valence-electron chi connectivity index (χ2n) is 5.05. The van der Waals surface area contributed by atoms with Crippen LogP contribution in [0.1, 0.15) is 32.4 Å². The second kappa shape index (κ2) is 5.99. The van der Waals surface area contributed by atoms with Crippen molar-refractivity contribution >= 4 is 0 Å². The summed E-state index contributed by atoms with van der Waals surface area (Å²) < 4.78 is 2.00. The standard InChI is InChI=1S/C12H24N4/c1-9(2)6-13-7-10(3)8-16-12(5)14-11(4)15-16/h9-10,13H,6-8H2,1-5H3. The Bertz CT molecular complexity index is 317. The summed E-state index contributed by atoms with van der Waals surface area (Å²) in [6, 6.07) is 0. The fraction of sp³-hybridized carbons (Fsp3) is 0.833. The summed E-state index contributed by atoms with van der Waals surface area (Å²) in [6.45, 7) is 13.7. The van der Waals surface area contributed by atoms with Gasteiger partial charge >= 0.3 is 0 Å². The maximum Gasteiger partial charge on any atom is 0.147 e. The van der Waals surface area contributed by atoms with Gasteiger partial charge in [-0.2, -0.15) is 5.10 Å². The van der Waals surface area contributed by atoms with E-state index in [0.717, 1.165) is 31.3 Å². The van der Waals surface area contributed by atoms with Crippen LogP contribution in [0.25, 0.3) is 0 Å².